The lowest BCUT2D eigenvalue weighted by atomic mass is 9.95. The third-order valence-electron chi connectivity index (χ3n) is 9.97. The predicted molar refractivity (Wildman–Crippen MR) is 202 cm³/mol. The van der Waals surface area contributed by atoms with Gasteiger partial charge in [-0.3, -0.25) is 28.9 Å². The Hall–Kier alpha value is -4.08. The summed E-state index contributed by atoms with van der Waals surface area (Å²) in [6.07, 6.45) is 3.49. The average molecular weight is 759 g/mol. The van der Waals surface area contributed by atoms with Crippen LogP contribution in [0.4, 0.5) is 0 Å². The smallest absolute Gasteiger partial charge is 0.307 e. The molecule has 1 fully saturated rings. The molecule has 1 saturated heterocycles. The van der Waals surface area contributed by atoms with E-state index in [0.29, 0.717) is 25.7 Å². The maximum Gasteiger partial charge on any atom is 0.307 e. The van der Waals surface area contributed by atoms with E-state index in [1.165, 1.54) is 10.3 Å². The summed E-state index contributed by atoms with van der Waals surface area (Å²) in [5.74, 6) is -2.72. The number of hydrogen-bond acceptors (Lipinski definition) is 11. The minimum atomic E-state index is -1.17. The van der Waals surface area contributed by atoms with E-state index in [9.17, 15) is 34.2 Å². The summed E-state index contributed by atoms with van der Waals surface area (Å²) >= 11 is 1.09. The Balaban J connectivity index is 1.77. The van der Waals surface area contributed by atoms with E-state index < -0.39 is 53.8 Å². The van der Waals surface area contributed by atoms with Crippen LogP contribution in [0.15, 0.2) is 29.6 Å². The Bertz CT molecular complexity index is 1520. The molecule has 6 N–H and O–H groups in total. The number of rotatable bonds is 20. The van der Waals surface area contributed by atoms with E-state index in [-0.39, 0.29) is 60.3 Å². The Morgan fingerprint density at radius 1 is 1.08 bits per heavy atom. The van der Waals surface area contributed by atoms with Crippen LogP contribution in [0.1, 0.15) is 113 Å². The fourth-order valence-corrected chi connectivity index (χ4v) is 7.15. The number of likely N-dealkylation sites (tertiary alicyclic amines) is 1. The van der Waals surface area contributed by atoms with Crippen molar-refractivity contribution in [2.75, 3.05) is 20.3 Å². The molecule has 0 aliphatic carbocycles. The average Bonchev–Trinajstić information content (AvgIpc) is 3.62. The summed E-state index contributed by atoms with van der Waals surface area (Å²) in [7, 11) is 1.90. The van der Waals surface area contributed by atoms with Crippen molar-refractivity contribution in [3.05, 3.63) is 45.9 Å². The molecule has 0 saturated carbocycles. The molecule has 2 aromatic rings. The van der Waals surface area contributed by atoms with Gasteiger partial charge in [-0.05, 0) is 76.2 Å². The Kier molecular flexibility index (Phi) is 17.1. The topological polar surface area (TPSA) is 204 Å². The minimum Gasteiger partial charge on any atom is -0.508 e. The molecule has 294 valence electrons. The number of hydrogen-bond donors (Lipinski definition) is 5. The first kappa shape index (κ1) is 43.3. The first-order chi connectivity index (χ1) is 25.1. The van der Waals surface area contributed by atoms with Gasteiger partial charge < -0.3 is 36.2 Å². The van der Waals surface area contributed by atoms with Crippen LogP contribution in [0.2, 0.25) is 0 Å². The predicted octanol–water partition coefficient (Wildman–Crippen LogP) is 3.66. The first-order valence-corrected chi connectivity index (χ1v) is 19.5. The monoisotopic (exact) mass is 758 g/mol. The minimum absolute atomic E-state index is 0.0117. The standard InChI is InChI=1S/C38H58N6O8S/c1-7-11-32(47)52-22-44(38(51)33(23(3)8-2)42-36(50)30-12-9-10-17-43(30)6)25(5)19-31(46)37-41-29(21-53-37)35(49)40-27(18-24(4)34(39)48)20-26-13-15-28(45)16-14-26/h13-16,21,23-25,27,30-31,33,45-46H,7-12,17-20,22H2,1-6H3,(H2,39,48)(H,40,49)(H,42,50)/t23?,24-,25-,27+,30+,31+,33-/m0/s1. The van der Waals surface area contributed by atoms with Crippen LogP contribution < -0.4 is 16.4 Å². The highest BCUT2D eigenvalue weighted by Crippen LogP contribution is 2.26. The van der Waals surface area contributed by atoms with Crippen LogP contribution in [0.5, 0.6) is 5.75 Å². The molecule has 0 radical (unpaired) electrons. The number of phenols is 1. The van der Waals surface area contributed by atoms with Crippen molar-refractivity contribution < 1.29 is 38.9 Å². The van der Waals surface area contributed by atoms with Gasteiger partial charge in [-0.1, -0.05) is 52.7 Å². The lowest BCUT2D eigenvalue weighted by Gasteiger charge is -2.37. The number of benzene rings is 1. The van der Waals surface area contributed by atoms with E-state index in [1.54, 1.807) is 38.1 Å². The second kappa shape index (κ2) is 21.0. The molecule has 0 bridgehead atoms. The lowest BCUT2D eigenvalue weighted by Crippen LogP contribution is -2.58. The molecular formula is C38H58N6O8S. The SMILES string of the molecule is CCCC(=O)OCN(C(=O)[C@@H](NC(=O)[C@H]1CCCCN1C)C(C)CC)[C@@H](C)C[C@@H](O)c1nc(C(=O)N[C@@H](Cc2ccc(O)cc2)C[C@H](C)C(N)=O)cs1. The largest absolute Gasteiger partial charge is 0.508 e. The van der Waals surface area contributed by atoms with Crippen LogP contribution in [0, 0.1) is 11.8 Å². The molecule has 2 heterocycles. The van der Waals surface area contributed by atoms with E-state index in [4.69, 9.17) is 10.5 Å². The van der Waals surface area contributed by atoms with Gasteiger partial charge >= 0.3 is 5.97 Å². The lowest BCUT2D eigenvalue weighted by molar-refractivity contribution is -0.158. The molecule has 53 heavy (non-hydrogen) atoms. The summed E-state index contributed by atoms with van der Waals surface area (Å²) in [6, 6.07) is 4.20. The Labute approximate surface area is 316 Å². The molecular weight excluding hydrogens is 701 g/mol. The number of piperidine rings is 1. The zero-order chi connectivity index (χ0) is 39.2. The molecule has 1 aromatic heterocycles. The summed E-state index contributed by atoms with van der Waals surface area (Å²) in [5, 5.41) is 28.7. The van der Waals surface area contributed by atoms with Crippen molar-refractivity contribution in [2.24, 2.45) is 17.6 Å². The summed E-state index contributed by atoms with van der Waals surface area (Å²) in [4.78, 5) is 73.1. The first-order valence-electron chi connectivity index (χ1n) is 18.6. The van der Waals surface area contributed by atoms with Crippen LogP contribution >= 0.6 is 11.3 Å². The number of aromatic nitrogens is 1. The van der Waals surface area contributed by atoms with E-state index in [1.807, 2.05) is 32.7 Å². The van der Waals surface area contributed by atoms with Crippen LogP contribution in [-0.4, -0.2) is 99.1 Å². The van der Waals surface area contributed by atoms with Gasteiger partial charge in [0.2, 0.25) is 17.7 Å². The Morgan fingerprint density at radius 2 is 1.77 bits per heavy atom. The second-order valence-corrected chi connectivity index (χ2v) is 15.2. The van der Waals surface area contributed by atoms with E-state index >= 15 is 0 Å². The number of aliphatic hydroxyl groups excluding tert-OH is 1. The molecule has 4 amide bonds. The third-order valence-corrected chi connectivity index (χ3v) is 10.9. The second-order valence-electron chi connectivity index (χ2n) is 14.3. The summed E-state index contributed by atoms with van der Waals surface area (Å²) in [5.41, 5.74) is 6.42. The van der Waals surface area contributed by atoms with Crippen LogP contribution in [0.3, 0.4) is 0 Å². The number of ether oxygens (including phenoxy) is 1. The number of esters is 1. The van der Waals surface area contributed by atoms with Gasteiger partial charge in [0.1, 0.15) is 28.6 Å². The molecule has 14 nitrogen and oxygen atoms in total. The number of likely N-dealkylation sites (N-methyl/N-ethyl adjacent to an activating group) is 1. The summed E-state index contributed by atoms with van der Waals surface area (Å²) in [6.45, 7) is 9.53. The molecule has 1 aromatic carbocycles. The fraction of sp³-hybridized carbons (Fsp3) is 0.632. The van der Waals surface area contributed by atoms with Gasteiger partial charge in [-0.15, -0.1) is 11.3 Å². The van der Waals surface area contributed by atoms with Crippen molar-refractivity contribution in [3.63, 3.8) is 0 Å². The highest BCUT2D eigenvalue weighted by Gasteiger charge is 2.36. The molecule has 3 rings (SSSR count). The highest BCUT2D eigenvalue weighted by molar-refractivity contribution is 7.09. The normalized spacial score (nSPS) is 18.1. The summed E-state index contributed by atoms with van der Waals surface area (Å²) < 4.78 is 5.50. The van der Waals surface area contributed by atoms with Gasteiger partial charge in [0.15, 0.2) is 6.73 Å². The number of primary amides is 1. The van der Waals surface area contributed by atoms with Gasteiger partial charge in [-0.25, -0.2) is 4.98 Å². The molecule has 1 aliphatic rings. The van der Waals surface area contributed by atoms with Crippen LogP contribution in [0.25, 0.3) is 0 Å². The van der Waals surface area contributed by atoms with Crippen LogP contribution in [-0.2, 0) is 30.3 Å². The molecule has 1 aliphatic heterocycles. The van der Waals surface area contributed by atoms with Crippen molar-refractivity contribution in [1.82, 2.24) is 25.4 Å². The third kappa shape index (κ3) is 13.1. The molecule has 15 heteroatoms. The number of aromatic hydroxyl groups is 1. The molecule has 7 atom stereocenters. The van der Waals surface area contributed by atoms with Gasteiger partial charge in [0.05, 0.1) is 6.04 Å². The zero-order valence-electron chi connectivity index (χ0n) is 31.9. The number of amides is 4. The van der Waals surface area contributed by atoms with Crippen molar-refractivity contribution in [2.45, 2.75) is 123 Å². The maximum atomic E-state index is 14.3. The number of phenolic OH excluding ortho intramolecular Hbond substituents is 1. The molecule has 1 unspecified atom stereocenters. The van der Waals surface area contributed by atoms with Gasteiger partial charge in [0, 0.05) is 36.2 Å². The van der Waals surface area contributed by atoms with E-state index in [2.05, 4.69) is 15.6 Å². The number of carbonyl (C=O) groups excluding carboxylic acids is 5. The Morgan fingerprint density at radius 3 is 2.40 bits per heavy atom. The fourth-order valence-electron chi connectivity index (χ4n) is 6.35. The van der Waals surface area contributed by atoms with Crippen molar-refractivity contribution >= 4 is 40.9 Å². The van der Waals surface area contributed by atoms with Gasteiger partial charge in [-0.2, -0.15) is 0 Å². The van der Waals surface area contributed by atoms with Gasteiger partial charge in [0.25, 0.3) is 5.91 Å². The van der Waals surface area contributed by atoms with Crippen molar-refractivity contribution in [3.8, 4) is 5.75 Å². The molecule has 0 spiro atoms. The number of nitrogens with one attached hydrogen (secondary N) is 2. The zero-order valence-corrected chi connectivity index (χ0v) is 32.7. The quantitative estimate of drug-likeness (QED) is 0.0980. The maximum absolute atomic E-state index is 14.3. The number of aliphatic hydroxyl groups is 1. The van der Waals surface area contributed by atoms with Crippen molar-refractivity contribution in [1.29, 1.82) is 0 Å². The number of thiazole rings is 1. The number of nitrogens with two attached hydrogens (primary N) is 1. The van der Waals surface area contributed by atoms with E-state index in [0.717, 1.165) is 36.3 Å². The number of carbonyl (C=O) groups is 5. The number of nitrogens with zero attached hydrogens (tertiary/aromatic N) is 3. The highest BCUT2D eigenvalue weighted by atomic mass is 32.1.